The number of nitrogens with zero attached hydrogens (tertiary/aromatic N) is 1. The highest BCUT2D eigenvalue weighted by Crippen LogP contribution is 2.27. The fraction of sp³-hybridized carbons (Fsp3) is 0.409. The van der Waals surface area contributed by atoms with Crippen LogP contribution in [0.15, 0.2) is 53.5 Å². The molecular formula is C22H28FN3O3. The monoisotopic (exact) mass is 401 g/mol. The zero-order valence-electron chi connectivity index (χ0n) is 16.7. The first-order chi connectivity index (χ1) is 14.3. The molecule has 0 spiro atoms. The average molecular weight is 401 g/mol. The summed E-state index contributed by atoms with van der Waals surface area (Å²) in [6.45, 7) is 3.44. The van der Waals surface area contributed by atoms with Gasteiger partial charge in [0.2, 0.25) is 0 Å². The number of aliphatic imine (C=N–C) groups is 1. The van der Waals surface area contributed by atoms with Crippen molar-refractivity contribution in [2.24, 2.45) is 4.99 Å². The summed E-state index contributed by atoms with van der Waals surface area (Å²) in [5, 5.41) is 6.53. The van der Waals surface area contributed by atoms with Crippen LogP contribution >= 0.6 is 0 Å². The number of hydrogen-bond donors (Lipinski definition) is 2. The molecule has 2 aromatic carbocycles. The molecule has 3 rings (SSSR count). The molecule has 0 amide bonds. The number of rotatable bonds is 9. The molecular weight excluding hydrogens is 373 g/mol. The minimum absolute atomic E-state index is 0.204. The van der Waals surface area contributed by atoms with E-state index in [2.05, 4.69) is 15.6 Å². The molecule has 0 aliphatic carbocycles. The van der Waals surface area contributed by atoms with Crippen molar-refractivity contribution in [1.29, 1.82) is 0 Å². The molecule has 1 fully saturated rings. The maximum absolute atomic E-state index is 13.9. The van der Waals surface area contributed by atoms with E-state index >= 15 is 0 Å². The van der Waals surface area contributed by atoms with E-state index in [4.69, 9.17) is 14.2 Å². The van der Waals surface area contributed by atoms with Crippen LogP contribution in [0.3, 0.4) is 0 Å². The summed E-state index contributed by atoms with van der Waals surface area (Å²) in [5.74, 6) is 1.11. The lowest BCUT2D eigenvalue weighted by molar-refractivity contribution is 0.0420. The van der Waals surface area contributed by atoms with Crippen molar-refractivity contribution in [3.8, 4) is 11.5 Å². The van der Waals surface area contributed by atoms with Crippen molar-refractivity contribution in [2.75, 3.05) is 33.4 Å². The van der Waals surface area contributed by atoms with Crippen LogP contribution in [0.4, 0.5) is 4.39 Å². The Balaban J connectivity index is 1.45. The summed E-state index contributed by atoms with van der Waals surface area (Å²) < 4.78 is 30.7. The maximum atomic E-state index is 13.9. The third kappa shape index (κ3) is 6.73. The van der Waals surface area contributed by atoms with Crippen LogP contribution in [0.2, 0.25) is 0 Å². The van der Waals surface area contributed by atoms with Crippen LogP contribution in [0.1, 0.15) is 18.4 Å². The molecule has 1 unspecified atom stereocenters. The smallest absolute Gasteiger partial charge is 0.191 e. The van der Waals surface area contributed by atoms with E-state index < -0.39 is 0 Å². The molecule has 1 atom stereocenters. The summed E-state index contributed by atoms with van der Waals surface area (Å²) in [7, 11) is 1.73. The molecule has 0 bridgehead atoms. The van der Waals surface area contributed by atoms with Crippen molar-refractivity contribution >= 4 is 5.96 Å². The number of ether oxygens (including phenoxy) is 3. The number of hydrogen-bond acceptors (Lipinski definition) is 4. The summed E-state index contributed by atoms with van der Waals surface area (Å²) in [6.07, 6.45) is 2.09. The van der Waals surface area contributed by atoms with Crippen LogP contribution in [0.5, 0.6) is 11.5 Å². The Morgan fingerprint density at radius 2 is 1.93 bits per heavy atom. The normalized spacial score (nSPS) is 16.6. The first kappa shape index (κ1) is 21.1. The quantitative estimate of drug-likeness (QED) is 0.383. The van der Waals surface area contributed by atoms with Crippen LogP contribution in [0, 0.1) is 5.82 Å². The van der Waals surface area contributed by atoms with Crippen molar-refractivity contribution in [2.45, 2.75) is 25.5 Å². The molecule has 156 valence electrons. The number of guanidine groups is 1. The number of para-hydroxylation sites is 2. The maximum Gasteiger partial charge on any atom is 0.191 e. The van der Waals surface area contributed by atoms with Crippen molar-refractivity contribution in [1.82, 2.24) is 10.6 Å². The number of halogens is 1. The lowest BCUT2D eigenvalue weighted by atomic mass is 10.2. The predicted molar refractivity (Wildman–Crippen MR) is 111 cm³/mol. The molecule has 2 N–H and O–H groups in total. The summed E-state index contributed by atoms with van der Waals surface area (Å²) in [6, 6.07) is 13.9. The Labute approximate surface area is 171 Å². The van der Waals surface area contributed by atoms with E-state index in [9.17, 15) is 4.39 Å². The molecule has 29 heavy (non-hydrogen) atoms. The van der Waals surface area contributed by atoms with Crippen LogP contribution in [-0.4, -0.2) is 45.5 Å². The highest BCUT2D eigenvalue weighted by Gasteiger charge is 2.15. The lowest BCUT2D eigenvalue weighted by Gasteiger charge is -2.15. The fourth-order valence-corrected chi connectivity index (χ4v) is 2.97. The van der Waals surface area contributed by atoms with Gasteiger partial charge < -0.3 is 24.8 Å². The summed E-state index contributed by atoms with van der Waals surface area (Å²) in [5.41, 5.74) is 0.906. The van der Waals surface area contributed by atoms with Crippen molar-refractivity contribution in [3.05, 3.63) is 59.9 Å². The van der Waals surface area contributed by atoms with Gasteiger partial charge in [-0.2, -0.15) is 0 Å². The second-order valence-corrected chi connectivity index (χ2v) is 6.70. The standard InChI is InChI=1S/C22H28FN3O3/c1-24-22(25-12-6-13-28-18-11-14-27-16-18)26-15-17-7-2-4-9-20(17)29-21-10-5-3-8-19(21)23/h2-5,7-10,18H,6,11-16H2,1H3,(H2,24,25,26). The molecule has 1 aliphatic heterocycles. The van der Waals surface area contributed by atoms with E-state index in [0.29, 0.717) is 31.5 Å². The molecule has 1 aliphatic rings. The molecule has 1 saturated heterocycles. The molecule has 7 heteroatoms. The zero-order chi connectivity index (χ0) is 20.3. The summed E-state index contributed by atoms with van der Waals surface area (Å²) >= 11 is 0. The molecule has 0 radical (unpaired) electrons. The molecule has 2 aromatic rings. The SMILES string of the molecule is CN=C(NCCCOC1CCOC1)NCc1ccccc1Oc1ccccc1F. The minimum Gasteiger partial charge on any atom is -0.454 e. The van der Waals surface area contributed by atoms with Gasteiger partial charge in [-0.15, -0.1) is 0 Å². The first-order valence-corrected chi connectivity index (χ1v) is 9.90. The van der Waals surface area contributed by atoms with Crippen LogP contribution in [0.25, 0.3) is 0 Å². The molecule has 6 nitrogen and oxygen atoms in total. The minimum atomic E-state index is -0.390. The zero-order valence-corrected chi connectivity index (χ0v) is 16.7. The van der Waals surface area contributed by atoms with Gasteiger partial charge in [0, 0.05) is 38.9 Å². The molecule has 0 aromatic heterocycles. The van der Waals surface area contributed by atoms with E-state index in [1.807, 2.05) is 24.3 Å². The lowest BCUT2D eigenvalue weighted by Crippen LogP contribution is -2.37. The highest BCUT2D eigenvalue weighted by molar-refractivity contribution is 5.79. The van der Waals surface area contributed by atoms with Gasteiger partial charge in [-0.1, -0.05) is 30.3 Å². The Hall–Kier alpha value is -2.64. The van der Waals surface area contributed by atoms with Crippen LogP contribution < -0.4 is 15.4 Å². The van der Waals surface area contributed by atoms with Gasteiger partial charge in [0.25, 0.3) is 0 Å². The van der Waals surface area contributed by atoms with E-state index in [1.54, 1.807) is 25.2 Å². The van der Waals surface area contributed by atoms with Gasteiger partial charge >= 0.3 is 0 Å². The highest BCUT2D eigenvalue weighted by atomic mass is 19.1. The van der Waals surface area contributed by atoms with Gasteiger partial charge in [0.1, 0.15) is 5.75 Å². The average Bonchev–Trinajstić information content (AvgIpc) is 3.26. The van der Waals surface area contributed by atoms with Gasteiger partial charge in [-0.3, -0.25) is 4.99 Å². The van der Waals surface area contributed by atoms with E-state index in [1.165, 1.54) is 6.07 Å². The van der Waals surface area contributed by atoms with E-state index in [-0.39, 0.29) is 17.7 Å². The topological polar surface area (TPSA) is 64.1 Å². The Bertz CT molecular complexity index is 794. The second-order valence-electron chi connectivity index (χ2n) is 6.70. The van der Waals surface area contributed by atoms with Gasteiger partial charge in [-0.25, -0.2) is 4.39 Å². The van der Waals surface area contributed by atoms with Gasteiger partial charge in [0.15, 0.2) is 17.5 Å². The van der Waals surface area contributed by atoms with E-state index in [0.717, 1.165) is 31.6 Å². The van der Waals surface area contributed by atoms with Gasteiger partial charge in [-0.05, 0) is 31.0 Å². The Morgan fingerprint density at radius 3 is 2.69 bits per heavy atom. The number of benzene rings is 2. The van der Waals surface area contributed by atoms with Crippen molar-refractivity contribution in [3.63, 3.8) is 0 Å². The third-order valence-corrected chi connectivity index (χ3v) is 4.55. The predicted octanol–water partition coefficient (Wildman–Crippen LogP) is 3.48. The molecule has 1 heterocycles. The second kappa shape index (κ2) is 11.4. The Kier molecular flexibility index (Phi) is 8.27. The fourth-order valence-electron chi connectivity index (χ4n) is 2.97. The molecule has 0 saturated carbocycles. The first-order valence-electron chi connectivity index (χ1n) is 9.90. The van der Waals surface area contributed by atoms with Crippen molar-refractivity contribution < 1.29 is 18.6 Å². The number of nitrogens with one attached hydrogen (secondary N) is 2. The summed E-state index contributed by atoms with van der Waals surface area (Å²) in [4.78, 5) is 4.24. The third-order valence-electron chi connectivity index (χ3n) is 4.55. The largest absolute Gasteiger partial charge is 0.454 e. The van der Waals surface area contributed by atoms with Gasteiger partial charge in [0.05, 0.1) is 12.7 Å². The Morgan fingerprint density at radius 1 is 1.14 bits per heavy atom. The van der Waals surface area contributed by atoms with Crippen LogP contribution in [-0.2, 0) is 16.0 Å².